The zero-order valence-corrected chi connectivity index (χ0v) is 22.7. The lowest BCUT2D eigenvalue weighted by molar-refractivity contribution is 0.0695. The van der Waals surface area contributed by atoms with Gasteiger partial charge in [0, 0.05) is 0 Å². The largest absolute Gasteiger partial charge is 0.507 e. The van der Waals surface area contributed by atoms with E-state index < -0.39 is 5.97 Å². The van der Waals surface area contributed by atoms with Gasteiger partial charge in [0.2, 0.25) is 0 Å². The summed E-state index contributed by atoms with van der Waals surface area (Å²) in [5, 5.41) is 21.3. The lowest BCUT2D eigenvalue weighted by Gasteiger charge is -2.18. The first kappa shape index (κ1) is 30.5. The Morgan fingerprint density at radius 3 is 1.41 bits per heavy atom. The average molecular weight is 475 g/mol. The number of hydrogen-bond acceptors (Lipinski definition) is 2. The van der Waals surface area contributed by atoms with Gasteiger partial charge in [-0.3, -0.25) is 0 Å². The molecule has 2 N–H and O–H groups in total. The first-order chi connectivity index (χ1) is 16.6. The fourth-order valence-electron chi connectivity index (χ4n) is 5.03. The first-order valence-corrected chi connectivity index (χ1v) is 14.7. The maximum Gasteiger partial charge on any atom is 0.335 e. The zero-order chi connectivity index (χ0) is 25.0. The predicted octanol–water partition coefficient (Wildman–Crippen LogP) is 9.80. The lowest BCUT2D eigenvalue weighted by Crippen LogP contribution is -2.09. The molecule has 0 fully saturated rings. The Labute approximate surface area is 210 Å². The minimum atomic E-state index is -0.839. The number of carbonyl (C=O) groups is 1. The van der Waals surface area contributed by atoms with Crippen molar-refractivity contribution in [1.29, 1.82) is 0 Å². The number of carboxylic acids is 1. The van der Waals surface area contributed by atoms with Crippen LogP contribution < -0.4 is 0 Å². The molecule has 0 aromatic heterocycles. The molecule has 0 saturated carbocycles. The third kappa shape index (κ3) is 12.3. The molecule has 34 heavy (non-hydrogen) atoms. The molecule has 0 bridgehead atoms. The Kier molecular flexibility index (Phi) is 17.7. The number of phenols is 1. The average Bonchev–Trinajstić information content (AvgIpc) is 2.82. The van der Waals surface area contributed by atoms with E-state index in [4.69, 9.17) is 0 Å². The molecule has 1 aromatic rings. The van der Waals surface area contributed by atoms with E-state index in [0.717, 1.165) is 74.5 Å². The van der Waals surface area contributed by atoms with Crippen molar-refractivity contribution in [2.24, 2.45) is 0 Å². The molecule has 0 atom stereocenters. The molecule has 0 aliphatic rings. The summed E-state index contributed by atoms with van der Waals surface area (Å²) in [4.78, 5) is 12.2. The van der Waals surface area contributed by atoms with E-state index in [9.17, 15) is 15.0 Å². The molecule has 0 radical (unpaired) electrons. The fraction of sp³-hybridized carbons (Fsp3) is 0.774. The number of phenolic OH excluding ortho intramolecular Hbond substituents is 1. The van der Waals surface area contributed by atoms with E-state index >= 15 is 0 Å². The summed E-state index contributed by atoms with van der Waals surface area (Å²) < 4.78 is 0. The van der Waals surface area contributed by atoms with Gasteiger partial charge in [-0.15, -0.1) is 0 Å². The first-order valence-electron chi connectivity index (χ1n) is 14.7. The second-order valence-electron chi connectivity index (χ2n) is 10.2. The molecule has 0 unspecified atom stereocenters. The highest BCUT2D eigenvalue weighted by Gasteiger charge is 2.21. The van der Waals surface area contributed by atoms with E-state index in [0.29, 0.717) is 11.3 Å². The Balaban J connectivity index is 2.94. The van der Waals surface area contributed by atoms with Crippen LogP contribution in [0.15, 0.2) is 6.07 Å². The minimum Gasteiger partial charge on any atom is -0.507 e. The van der Waals surface area contributed by atoms with Crippen LogP contribution in [0, 0.1) is 0 Å². The summed E-state index contributed by atoms with van der Waals surface area (Å²) in [6.07, 6.45) is 23.8. The van der Waals surface area contributed by atoms with Crippen LogP contribution in [0.25, 0.3) is 0 Å². The number of aryl methyl sites for hydroxylation is 1. The van der Waals surface area contributed by atoms with Gasteiger partial charge < -0.3 is 10.2 Å². The van der Waals surface area contributed by atoms with Gasteiger partial charge in [-0.05, 0) is 61.3 Å². The van der Waals surface area contributed by atoms with Crippen LogP contribution >= 0.6 is 0 Å². The Hall–Kier alpha value is -1.51. The molecular weight excluding hydrogens is 420 g/mol. The van der Waals surface area contributed by atoms with E-state index in [1.165, 1.54) is 77.0 Å². The van der Waals surface area contributed by atoms with Crippen molar-refractivity contribution in [3.8, 4) is 5.75 Å². The van der Waals surface area contributed by atoms with Crippen LogP contribution in [0.4, 0.5) is 0 Å². The molecule has 0 aliphatic heterocycles. The van der Waals surface area contributed by atoms with Crippen molar-refractivity contribution in [1.82, 2.24) is 0 Å². The van der Waals surface area contributed by atoms with Crippen molar-refractivity contribution in [3.63, 3.8) is 0 Å². The van der Waals surface area contributed by atoms with Gasteiger partial charge in [0.1, 0.15) is 5.75 Å². The molecular formula is C31H54O3. The molecule has 0 amide bonds. The van der Waals surface area contributed by atoms with Crippen LogP contribution in [-0.2, 0) is 19.3 Å². The third-order valence-corrected chi connectivity index (χ3v) is 7.19. The molecule has 0 spiro atoms. The highest BCUT2D eigenvalue weighted by molar-refractivity contribution is 5.90. The standard InChI is InChI=1S/C31H54O3/c1-4-7-10-13-16-19-22-26-25-29(31(33)34)27(23-20-17-14-11-8-5-2)28(30(26)32)24-21-18-15-12-9-6-3/h25,32H,4-24H2,1-3H3,(H,33,34). The van der Waals surface area contributed by atoms with Crippen LogP contribution in [0.3, 0.4) is 0 Å². The SMILES string of the molecule is CCCCCCCCc1cc(C(=O)O)c(CCCCCCCC)c(CCCCCCCC)c1O. The van der Waals surface area contributed by atoms with E-state index in [1.807, 2.05) is 0 Å². The Bertz CT molecular complexity index is 665. The quantitative estimate of drug-likeness (QED) is 0.164. The summed E-state index contributed by atoms with van der Waals surface area (Å²) in [6, 6.07) is 1.79. The highest BCUT2D eigenvalue weighted by atomic mass is 16.4. The normalized spacial score (nSPS) is 11.3. The van der Waals surface area contributed by atoms with Crippen molar-refractivity contribution < 1.29 is 15.0 Å². The van der Waals surface area contributed by atoms with E-state index in [-0.39, 0.29) is 0 Å². The number of hydrogen-bond donors (Lipinski definition) is 2. The smallest absolute Gasteiger partial charge is 0.335 e. The number of benzene rings is 1. The van der Waals surface area contributed by atoms with Gasteiger partial charge in [0.15, 0.2) is 0 Å². The third-order valence-electron chi connectivity index (χ3n) is 7.19. The number of unbranched alkanes of at least 4 members (excludes halogenated alkanes) is 15. The van der Waals surface area contributed by atoms with Crippen molar-refractivity contribution in [3.05, 3.63) is 28.3 Å². The fourth-order valence-corrected chi connectivity index (χ4v) is 5.03. The van der Waals surface area contributed by atoms with Crippen LogP contribution in [0.2, 0.25) is 0 Å². The number of aromatic carboxylic acids is 1. The zero-order valence-electron chi connectivity index (χ0n) is 22.7. The lowest BCUT2D eigenvalue weighted by atomic mass is 9.88. The number of rotatable bonds is 22. The Morgan fingerprint density at radius 1 is 0.588 bits per heavy atom. The summed E-state index contributed by atoms with van der Waals surface area (Å²) in [6.45, 7) is 6.68. The molecule has 0 heterocycles. The maximum atomic E-state index is 12.2. The molecule has 3 heteroatoms. The summed E-state index contributed by atoms with van der Waals surface area (Å²) in [5.74, 6) is -0.442. The van der Waals surface area contributed by atoms with Gasteiger partial charge in [0.05, 0.1) is 5.56 Å². The van der Waals surface area contributed by atoms with E-state index in [2.05, 4.69) is 20.8 Å². The second-order valence-corrected chi connectivity index (χ2v) is 10.2. The van der Waals surface area contributed by atoms with Crippen molar-refractivity contribution in [2.45, 2.75) is 156 Å². The van der Waals surface area contributed by atoms with Crippen LogP contribution in [0.5, 0.6) is 5.75 Å². The summed E-state index contributed by atoms with van der Waals surface area (Å²) in [7, 11) is 0. The van der Waals surface area contributed by atoms with E-state index in [1.54, 1.807) is 6.07 Å². The van der Waals surface area contributed by atoms with Crippen LogP contribution in [0.1, 0.15) is 163 Å². The topological polar surface area (TPSA) is 57.5 Å². The molecule has 196 valence electrons. The van der Waals surface area contributed by atoms with Crippen molar-refractivity contribution in [2.75, 3.05) is 0 Å². The summed E-state index contributed by atoms with van der Waals surface area (Å²) in [5.41, 5.74) is 3.12. The van der Waals surface area contributed by atoms with Crippen molar-refractivity contribution >= 4 is 5.97 Å². The molecule has 1 aromatic carbocycles. The Morgan fingerprint density at radius 2 is 0.971 bits per heavy atom. The monoisotopic (exact) mass is 474 g/mol. The molecule has 3 nitrogen and oxygen atoms in total. The number of carboxylic acid groups (broad SMARTS) is 1. The maximum absolute atomic E-state index is 12.2. The van der Waals surface area contributed by atoms with Gasteiger partial charge in [-0.2, -0.15) is 0 Å². The molecule has 0 aliphatic carbocycles. The van der Waals surface area contributed by atoms with Crippen LogP contribution in [-0.4, -0.2) is 16.2 Å². The second kappa shape index (κ2) is 19.8. The van der Waals surface area contributed by atoms with Gasteiger partial charge in [-0.1, -0.05) is 117 Å². The van der Waals surface area contributed by atoms with Gasteiger partial charge in [0.25, 0.3) is 0 Å². The molecule has 1 rings (SSSR count). The van der Waals surface area contributed by atoms with Gasteiger partial charge >= 0.3 is 5.97 Å². The number of aromatic hydroxyl groups is 1. The summed E-state index contributed by atoms with van der Waals surface area (Å²) >= 11 is 0. The molecule has 0 saturated heterocycles. The van der Waals surface area contributed by atoms with Gasteiger partial charge in [-0.25, -0.2) is 4.79 Å². The predicted molar refractivity (Wildman–Crippen MR) is 146 cm³/mol. The highest BCUT2D eigenvalue weighted by Crippen LogP contribution is 2.34. The minimum absolute atomic E-state index is 0.396.